The summed E-state index contributed by atoms with van der Waals surface area (Å²) < 4.78 is 12.4. The van der Waals surface area contributed by atoms with Crippen LogP contribution in [0.15, 0.2) is 32.5 Å². The van der Waals surface area contributed by atoms with Crippen molar-refractivity contribution >= 4 is 62.7 Å². The Labute approximate surface area is 257 Å². The molecule has 42 heavy (non-hydrogen) atoms. The van der Waals surface area contributed by atoms with E-state index >= 15 is 0 Å². The zero-order chi connectivity index (χ0) is 29.3. The Hall–Kier alpha value is -2.68. The minimum Gasteiger partial charge on any atom is -0.483 e. The van der Waals surface area contributed by atoms with Crippen molar-refractivity contribution in [2.45, 2.75) is 29.0 Å². The van der Waals surface area contributed by atoms with E-state index in [9.17, 15) is 24.0 Å². The van der Waals surface area contributed by atoms with Crippen molar-refractivity contribution in [3.8, 4) is 5.75 Å². The van der Waals surface area contributed by atoms with E-state index in [1.807, 2.05) is 18.2 Å². The van der Waals surface area contributed by atoms with E-state index in [2.05, 4.69) is 20.9 Å². The molecule has 2 saturated heterocycles. The van der Waals surface area contributed by atoms with Gasteiger partial charge in [0.05, 0.1) is 36.5 Å². The summed E-state index contributed by atoms with van der Waals surface area (Å²) in [6.45, 7) is 1.76. The van der Waals surface area contributed by atoms with Crippen LogP contribution in [0.25, 0.3) is 0 Å². The number of hydrogen-bond acceptors (Lipinski definition) is 9. The number of halogens is 1. The second kappa shape index (κ2) is 10.8. The number of thioether (sulfide) groups is 1. The van der Waals surface area contributed by atoms with Gasteiger partial charge in [-0.3, -0.25) is 28.9 Å². The maximum atomic E-state index is 13.6. The lowest BCUT2D eigenvalue weighted by atomic mass is 9.68. The van der Waals surface area contributed by atoms with Crippen LogP contribution in [0.5, 0.6) is 5.75 Å². The number of thiazole rings is 1. The van der Waals surface area contributed by atoms with Gasteiger partial charge in [-0.1, -0.05) is 27.3 Å². The van der Waals surface area contributed by atoms with Crippen molar-refractivity contribution < 1.29 is 33.8 Å². The number of ether oxygens (including phenoxy) is 2. The highest BCUT2D eigenvalue weighted by Gasteiger charge is 2.69. The van der Waals surface area contributed by atoms with E-state index < -0.39 is 17.8 Å². The summed E-state index contributed by atoms with van der Waals surface area (Å²) in [7, 11) is 0. The van der Waals surface area contributed by atoms with Gasteiger partial charge in [0.25, 0.3) is 5.91 Å². The summed E-state index contributed by atoms with van der Waals surface area (Å²) in [6, 6.07) is 5.64. The molecule has 2 bridgehead atoms. The average molecular weight is 679 g/mol. The molecule has 0 radical (unpaired) electrons. The molecule has 4 heterocycles. The minimum atomic E-state index is -1.05. The van der Waals surface area contributed by atoms with Crippen LogP contribution < -0.4 is 9.61 Å². The molecule has 2 saturated carbocycles. The fourth-order valence-electron chi connectivity index (χ4n) is 7.79. The van der Waals surface area contributed by atoms with Crippen LogP contribution in [0.1, 0.15) is 29.2 Å². The third-order valence-electron chi connectivity index (χ3n) is 9.39. The number of likely N-dealkylation sites (tertiary alicyclic amines) is 1. The summed E-state index contributed by atoms with van der Waals surface area (Å²) in [5, 5.41) is 9.93. The van der Waals surface area contributed by atoms with Crippen LogP contribution in [-0.2, 0) is 23.9 Å². The first kappa shape index (κ1) is 28.1. The van der Waals surface area contributed by atoms with Crippen LogP contribution in [0.4, 0.5) is 0 Å². The van der Waals surface area contributed by atoms with E-state index in [4.69, 9.17) is 14.6 Å². The van der Waals surface area contributed by atoms with Gasteiger partial charge in [0.1, 0.15) is 5.75 Å². The Morgan fingerprint density at radius 3 is 2.60 bits per heavy atom. The standard InChI is InChI=1S/C28H28BrN3O8S2/c29-12-1-2-16(40-11-17(33)31-5-7-39-8-6-31)13(9-12)19-20-14-10-15(23(20)41-25-24(19)42-28(38)30-25)22-21(14)26(36)32(27(22)37)4-3-18(34)35/h1-2,9,14-15,19-23H,3-8,10-11H2,(H,30,38)(H,34,35)/t14?,15?,19-,20?,21?,22?,23?/m1/s1. The Bertz CT molecular complexity index is 1540. The van der Waals surface area contributed by atoms with Crippen molar-refractivity contribution in [1.29, 1.82) is 0 Å². The lowest BCUT2D eigenvalue weighted by Gasteiger charge is -2.43. The third kappa shape index (κ3) is 4.52. The molecule has 222 valence electrons. The van der Waals surface area contributed by atoms with Crippen molar-refractivity contribution in [2.75, 3.05) is 39.5 Å². The lowest BCUT2D eigenvalue weighted by Crippen LogP contribution is -2.43. The number of imide groups is 1. The molecule has 3 aliphatic heterocycles. The Balaban J connectivity index is 1.24. The number of aromatic amines is 1. The van der Waals surface area contributed by atoms with Gasteiger partial charge in [-0.25, -0.2) is 0 Å². The molecule has 7 rings (SSSR count). The van der Waals surface area contributed by atoms with Crippen LogP contribution in [0.2, 0.25) is 0 Å². The minimum absolute atomic E-state index is 0.0167. The number of aliphatic carboxylic acids is 1. The number of aromatic nitrogens is 1. The average Bonchev–Trinajstić information content (AvgIpc) is 3.70. The lowest BCUT2D eigenvalue weighted by molar-refractivity contribution is -0.143. The predicted molar refractivity (Wildman–Crippen MR) is 155 cm³/mol. The number of nitrogens with one attached hydrogen (secondary N) is 1. The number of amides is 3. The molecule has 2 aliphatic carbocycles. The number of rotatable bonds is 7. The van der Waals surface area contributed by atoms with Crippen molar-refractivity contribution in [2.24, 2.45) is 29.6 Å². The summed E-state index contributed by atoms with van der Waals surface area (Å²) in [6.07, 6.45) is 0.439. The molecule has 14 heteroatoms. The topological polar surface area (TPSA) is 146 Å². The summed E-state index contributed by atoms with van der Waals surface area (Å²) in [4.78, 5) is 70.3. The molecular weight excluding hydrogens is 650 g/mol. The van der Waals surface area contributed by atoms with E-state index in [1.165, 1.54) is 0 Å². The molecule has 2 aromatic rings. The molecule has 1 aromatic carbocycles. The Morgan fingerprint density at radius 2 is 1.86 bits per heavy atom. The fourth-order valence-corrected chi connectivity index (χ4v) is 11.1. The number of carbonyl (C=O) groups is 4. The number of carboxylic acid groups (broad SMARTS) is 1. The fraction of sp³-hybridized carbons (Fsp3) is 0.536. The maximum absolute atomic E-state index is 13.6. The SMILES string of the molecule is O=C(O)CCN1C(=O)C2C3CC(C2C1=O)C1C3Sc2[nH]c(=O)sc2[C@@H]1c1cc(Br)ccc1OCC(=O)N1CCOCC1. The van der Waals surface area contributed by atoms with Gasteiger partial charge in [0, 0.05) is 45.7 Å². The Kier molecular flexibility index (Phi) is 7.22. The number of H-pyrrole nitrogens is 1. The zero-order valence-electron chi connectivity index (χ0n) is 22.3. The predicted octanol–water partition coefficient (Wildman–Crippen LogP) is 2.38. The van der Waals surface area contributed by atoms with E-state index in [1.54, 1.807) is 16.7 Å². The number of hydrogen-bond donors (Lipinski definition) is 2. The first-order chi connectivity index (χ1) is 20.2. The smallest absolute Gasteiger partial charge is 0.305 e. The van der Waals surface area contributed by atoms with Gasteiger partial charge in [-0.2, -0.15) is 0 Å². The summed E-state index contributed by atoms with van der Waals surface area (Å²) >= 11 is 6.33. The number of carbonyl (C=O) groups excluding carboxylic acids is 3. The first-order valence-corrected chi connectivity index (χ1v) is 16.5. The number of benzene rings is 1. The molecule has 3 amide bonds. The number of carboxylic acids is 1. The van der Waals surface area contributed by atoms with Gasteiger partial charge in [0.2, 0.25) is 11.8 Å². The van der Waals surface area contributed by atoms with Gasteiger partial charge in [-0.05, 0) is 42.4 Å². The molecule has 11 nitrogen and oxygen atoms in total. The van der Waals surface area contributed by atoms with Crippen molar-refractivity contribution in [3.63, 3.8) is 0 Å². The Morgan fingerprint density at radius 1 is 1.12 bits per heavy atom. The monoisotopic (exact) mass is 677 g/mol. The van der Waals surface area contributed by atoms with E-state index in [0.29, 0.717) is 32.1 Å². The van der Waals surface area contributed by atoms with Gasteiger partial charge in [-0.15, -0.1) is 11.8 Å². The molecular formula is C28H28BrN3O8S2. The number of fused-ring (bicyclic) bond motifs is 9. The normalized spacial score (nSPS) is 31.2. The highest BCUT2D eigenvalue weighted by molar-refractivity contribution is 9.10. The second-order valence-corrected chi connectivity index (χ2v) is 14.5. The largest absolute Gasteiger partial charge is 0.483 e. The molecule has 2 N–H and O–H groups in total. The van der Waals surface area contributed by atoms with Gasteiger partial charge in [0.15, 0.2) is 6.61 Å². The molecule has 4 fully saturated rings. The highest BCUT2D eigenvalue weighted by Crippen LogP contribution is 2.69. The van der Waals surface area contributed by atoms with Crippen molar-refractivity contribution in [1.82, 2.24) is 14.8 Å². The zero-order valence-corrected chi connectivity index (χ0v) is 25.5. The van der Waals surface area contributed by atoms with Gasteiger partial charge < -0.3 is 24.5 Å². The molecule has 1 aromatic heterocycles. The first-order valence-electron chi connectivity index (χ1n) is 14.0. The second-order valence-electron chi connectivity index (χ2n) is 11.4. The highest BCUT2D eigenvalue weighted by atomic mass is 79.9. The maximum Gasteiger partial charge on any atom is 0.305 e. The quantitative estimate of drug-likeness (QED) is 0.422. The van der Waals surface area contributed by atoms with Crippen LogP contribution in [-0.4, -0.2) is 88.3 Å². The molecule has 5 aliphatic rings. The van der Waals surface area contributed by atoms with Crippen LogP contribution >= 0.6 is 39.0 Å². The van der Waals surface area contributed by atoms with Crippen LogP contribution in [0, 0.1) is 29.6 Å². The molecule has 0 spiro atoms. The van der Waals surface area contributed by atoms with Crippen molar-refractivity contribution in [3.05, 3.63) is 42.8 Å². The molecule has 7 atom stereocenters. The van der Waals surface area contributed by atoms with E-state index in [-0.39, 0.29) is 71.1 Å². The third-order valence-corrected chi connectivity index (χ3v) is 12.5. The summed E-state index contributed by atoms with van der Waals surface area (Å²) in [5.41, 5.74) is 0.828. The molecule has 6 unspecified atom stereocenters. The van der Waals surface area contributed by atoms with Crippen LogP contribution in [0.3, 0.4) is 0 Å². The van der Waals surface area contributed by atoms with E-state index in [0.717, 1.165) is 42.6 Å². The number of nitrogens with zero attached hydrogens (tertiary/aromatic N) is 2. The van der Waals surface area contributed by atoms with Gasteiger partial charge >= 0.3 is 10.8 Å². The summed E-state index contributed by atoms with van der Waals surface area (Å²) in [5.74, 6) is -2.68. The number of morpholine rings is 1.